The molecule has 0 unspecified atom stereocenters. The first kappa shape index (κ1) is 16.6. The van der Waals surface area contributed by atoms with E-state index in [-0.39, 0.29) is 17.0 Å². The molecular weight excluding hydrogens is 320 g/mol. The Morgan fingerprint density at radius 2 is 2.21 bits per heavy atom. The number of thiophene rings is 1. The van der Waals surface area contributed by atoms with Crippen LogP contribution in [0.4, 0.5) is 5.00 Å². The van der Waals surface area contributed by atoms with Gasteiger partial charge >= 0.3 is 0 Å². The number of nitrogens with one attached hydrogen (secondary N) is 1. The van der Waals surface area contributed by atoms with Crippen LogP contribution in [0.25, 0.3) is 0 Å². The summed E-state index contributed by atoms with van der Waals surface area (Å²) in [7, 11) is 0. The summed E-state index contributed by atoms with van der Waals surface area (Å²) in [4.78, 5) is 21.4. The second-order valence-corrected chi connectivity index (χ2v) is 8.28. The Hall–Kier alpha value is -2.26. The highest BCUT2D eigenvalue weighted by atomic mass is 32.1. The average molecular weight is 340 g/mol. The lowest BCUT2D eigenvalue weighted by Crippen LogP contribution is -2.26. The van der Waals surface area contributed by atoms with Gasteiger partial charge in [0.05, 0.1) is 11.8 Å². The number of anilines is 1. The van der Waals surface area contributed by atoms with Gasteiger partial charge in [-0.25, -0.2) is 4.98 Å². The normalized spacial score (nSPS) is 17.0. The Labute approximate surface area is 145 Å². The van der Waals surface area contributed by atoms with E-state index in [0.717, 1.165) is 24.8 Å². The van der Waals surface area contributed by atoms with Crippen molar-refractivity contribution in [2.45, 2.75) is 40.0 Å². The zero-order chi connectivity index (χ0) is 17.3. The van der Waals surface area contributed by atoms with Gasteiger partial charge in [0, 0.05) is 17.3 Å². The molecule has 3 rings (SSSR count). The molecule has 1 atom stereocenters. The van der Waals surface area contributed by atoms with Crippen LogP contribution in [0, 0.1) is 22.7 Å². The number of carbonyl (C=O) groups is 1. The van der Waals surface area contributed by atoms with Crippen LogP contribution < -0.4 is 5.32 Å². The molecule has 1 aliphatic carbocycles. The third-order valence-corrected chi connectivity index (χ3v) is 5.79. The second kappa shape index (κ2) is 6.33. The van der Waals surface area contributed by atoms with E-state index >= 15 is 0 Å². The molecule has 1 amide bonds. The fourth-order valence-corrected chi connectivity index (χ4v) is 4.39. The zero-order valence-corrected chi connectivity index (χ0v) is 14.9. The molecule has 1 N–H and O–H groups in total. The molecule has 5 nitrogen and oxygen atoms in total. The molecule has 0 fully saturated rings. The third kappa shape index (κ3) is 3.17. The Morgan fingerprint density at radius 3 is 2.83 bits per heavy atom. The number of fused-ring (bicyclic) bond motifs is 1. The Bertz CT molecular complexity index is 799. The summed E-state index contributed by atoms with van der Waals surface area (Å²) in [6.07, 6.45) is 7.38. The second-order valence-electron chi connectivity index (χ2n) is 7.17. The number of amides is 1. The molecule has 1 aliphatic rings. The number of nitriles is 1. The predicted octanol–water partition coefficient (Wildman–Crippen LogP) is 3.81. The number of rotatable bonds is 2. The van der Waals surface area contributed by atoms with Crippen LogP contribution in [0.2, 0.25) is 0 Å². The van der Waals surface area contributed by atoms with Crippen LogP contribution in [-0.2, 0) is 12.8 Å². The summed E-state index contributed by atoms with van der Waals surface area (Å²) in [5.41, 5.74) is 2.22. The Kier molecular flexibility index (Phi) is 4.37. The van der Waals surface area contributed by atoms with Gasteiger partial charge in [-0.15, -0.1) is 11.3 Å². The minimum Gasteiger partial charge on any atom is -0.311 e. The van der Waals surface area contributed by atoms with E-state index in [1.807, 2.05) is 0 Å². The molecule has 6 heteroatoms. The summed E-state index contributed by atoms with van der Waals surface area (Å²) in [6, 6.07) is 2.27. The maximum absolute atomic E-state index is 12.3. The van der Waals surface area contributed by atoms with Crippen molar-refractivity contribution in [3.8, 4) is 6.07 Å². The maximum Gasteiger partial charge on any atom is 0.276 e. The summed E-state index contributed by atoms with van der Waals surface area (Å²) in [6.45, 7) is 6.79. The lowest BCUT2D eigenvalue weighted by atomic mass is 9.72. The van der Waals surface area contributed by atoms with E-state index in [1.54, 1.807) is 0 Å². The van der Waals surface area contributed by atoms with Gasteiger partial charge in [-0.2, -0.15) is 5.26 Å². The van der Waals surface area contributed by atoms with E-state index in [1.165, 1.54) is 34.8 Å². The molecule has 0 bridgehead atoms. The number of hydrogen-bond acceptors (Lipinski definition) is 5. The van der Waals surface area contributed by atoms with Gasteiger partial charge in [0.15, 0.2) is 0 Å². The first-order valence-corrected chi connectivity index (χ1v) is 8.83. The van der Waals surface area contributed by atoms with Gasteiger partial charge in [0.1, 0.15) is 16.8 Å². The fourth-order valence-electron chi connectivity index (χ4n) is 3.11. The first-order valence-electron chi connectivity index (χ1n) is 8.02. The molecule has 0 saturated heterocycles. The van der Waals surface area contributed by atoms with Gasteiger partial charge in [0.25, 0.3) is 5.91 Å². The van der Waals surface area contributed by atoms with Crippen LogP contribution in [-0.4, -0.2) is 15.9 Å². The van der Waals surface area contributed by atoms with Gasteiger partial charge < -0.3 is 5.32 Å². The molecule has 0 spiro atoms. The first-order chi connectivity index (χ1) is 11.4. The smallest absolute Gasteiger partial charge is 0.276 e. The molecule has 124 valence electrons. The molecule has 0 radical (unpaired) electrons. The molecular formula is C18H20N4OS. The van der Waals surface area contributed by atoms with E-state index in [9.17, 15) is 10.1 Å². The van der Waals surface area contributed by atoms with E-state index in [2.05, 4.69) is 42.1 Å². The van der Waals surface area contributed by atoms with Gasteiger partial charge in [-0.1, -0.05) is 20.8 Å². The van der Waals surface area contributed by atoms with Crippen LogP contribution in [0.5, 0.6) is 0 Å². The topological polar surface area (TPSA) is 78.7 Å². The maximum atomic E-state index is 12.3. The van der Waals surface area contributed by atoms with Crippen molar-refractivity contribution in [3.63, 3.8) is 0 Å². The Morgan fingerprint density at radius 1 is 1.42 bits per heavy atom. The van der Waals surface area contributed by atoms with Gasteiger partial charge in [-0.05, 0) is 36.2 Å². The van der Waals surface area contributed by atoms with Crippen LogP contribution in [0.1, 0.15) is 53.7 Å². The fraction of sp³-hybridized carbons (Fsp3) is 0.444. The SMILES string of the molecule is CC(C)(C)[C@H]1CCc2c(sc(NC(=O)c3cnccn3)c2C#N)C1. The van der Waals surface area contributed by atoms with Crippen molar-refractivity contribution >= 4 is 22.2 Å². The molecule has 0 saturated carbocycles. The predicted molar refractivity (Wildman–Crippen MR) is 94.0 cm³/mol. The molecule has 2 aromatic rings. The van der Waals surface area contributed by atoms with E-state index in [0.29, 0.717) is 16.5 Å². The highest BCUT2D eigenvalue weighted by Gasteiger charge is 2.32. The van der Waals surface area contributed by atoms with Crippen LogP contribution in [0.3, 0.4) is 0 Å². The van der Waals surface area contributed by atoms with Crippen molar-refractivity contribution < 1.29 is 4.79 Å². The summed E-state index contributed by atoms with van der Waals surface area (Å²) in [5, 5.41) is 13.0. The quantitative estimate of drug-likeness (QED) is 0.901. The third-order valence-electron chi connectivity index (χ3n) is 4.62. The van der Waals surface area contributed by atoms with Crippen LogP contribution in [0.15, 0.2) is 18.6 Å². The highest BCUT2D eigenvalue weighted by molar-refractivity contribution is 7.16. The van der Waals surface area contributed by atoms with Gasteiger partial charge in [-0.3, -0.25) is 9.78 Å². The molecule has 24 heavy (non-hydrogen) atoms. The lowest BCUT2D eigenvalue weighted by Gasteiger charge is -2.33. The van der Waals surface area contributed by atoms with Crippen molar-refractivity contribution in [1.82, 2.24) is 9.97 Å². The monoisotopic (exact) mass is 340 g/mol. The number of nitrogens with zero attached hydrogens (tertiary/aromatic N) is 3. The molecule has 0 aliphatic heterocycles. The van der Waals surface area contributed by atoms with Gasteiger partial charge in [0.2, 0.25) is 0 Å². The van der Waals surface area contributed by atoms with Crippen molar-refractivity contribution in [2.24, 2.45) is 11.3 Å². The van der Waals surface area contributed by atoms with Crippen molar-refractivity contribution in [3.05, 3.63) is 40.3 Å². The average Bonchev–Trinajstić information content (AvgIpc) is 2.90. The van der Waals surface area contributed by atoms with Crippen molar-refractivity contribution in [2.75, 3.05) is 5.32 Å². The Balaban J connectivity index is 1.87. The zero-order valence-electron chi connectivity index (χ0n) is 14.1. The summed E-state index contributed by atoms with van der Waals surface area (Å²) < 4.78 is 0. The highest BCUT2D eigenvalue weighted by Crippen LogP contribution is 2.44. The van der Waals surface area contributed by atoms with E-state index < -0.39 is 0 Å². The van der Waals surface area contributed by atoms with Crippen molar-refractivity contribution in [1.29, 1.82) is 5.26 Å². The minimum atomic E-state index is -0.328. The lowest BCUT2D eigenvalue weighted by molar-refractivity contribution is 0.102. The summed E-state index contributed by atoms with van der Waals surface area (Å²) in [5.74, 6) is 0.268. The number of hydrogen-bond donors (Lipinski definition) is 1. The molecule has 2 aromatic heterocycles. The standard InChI is InChI=1S/C18H20N4OS/c1-18(2,3)11-4-5-12-13(9-19)17(24-15(12)8-11)22-16(23)14-10-20-6-7-21-14/h6-7,10-11H,4-5,8H2,1-3H3,(H,22,23)/t11-/m0/s1. The van der Waals surface area contributed by atoms with E-state index in [4.69, 9.17) is 0 Å². The largest absolute Gasteiger partial charge is 0.311 e. The molecule has 0 aromatic carbocycles. The number of carbonyl (C=O) groups excluding carboxylic acids is 1. The minimum absolute atomic E-state index is 0.248. The van der Waals surface area contributed by atoms with Crippen LogP contribution >= 0.6 is 11.3 Å². The summed E-state index contributed by atoms with van der Waals surface area (Å²) >= 11 is 1.53. The molecule has 2 heterocycles. The number of aromatic nitrogens is 2.